The number of carbonyl (C=O) groups excluding carboxylic acids is 2. The van der Waals surface area contributed by atoms with Crippen molar-refractivity contribution < 1.29 is 14.7 Å². The molecule has 2 N–H and O–H groups in total. The summed E-state index contributed by atoms with van der Waals surface area (Å²) in [6.45, 7) is 0.865. The quantitative estimate of drug-likeness (QED) is 0.818. The van der Waals surface area contributed by atoms with Gasteiger partial charge >= 0.3 is 0 Å². The zero-order valence-corrected chi connectivity index (χ0v) is 14.9. The molecule has 7 nitrogen and oxygen atoms in total. The molecule has 0 radical (unpaired) electrons. The Labute approximate surface area is 153 Å². The number of likely N-dealkylation sites (tertiary alicyclic amines) is 1. The van der Waals surface area contributed by atoms with Gasteiger partial charge in [-0.15, -0.1) is 0 Å². The second-order valence-corrected chi connectivity index (χ2v) is 6.75. The average Bonchev–Trinajstić information content (AvgIpc) is 2.63. The average molecular weight is 405 g/mol. The number of nitrogens with zero attached hydrogens (tertiary/aromatic N) is 3. The first kappa shape index (κ1) is 17.3. The molecule has 0 unspecified atom stereocenters. The van der Waals surface area contributed by atoms with Gasteiger partial charge < -0.3 is 15.3 Å². The highest BCUT2D eigenvalue weighted by atomic mass is 79.9. The lowest BCUT2D eigenvalue weighted by atomic mass is 9.96. The van der Waals surface area contributed by atoms with E-state index in [4.69, 9.17) is 0 Å². The van der Waals surface area contributed by atoms with Crippen LogP contribution in [0.4, 0.5) is 5.82 Å². The second-order valence-electron chi connectivity index (χ2n) is 5.83. The Morgan fingerprint density at radius 2 is 2.12 bits per heavy atom. The Kier molecular flexibility index (Phi) is 5.28. The maximum absolute atomic E-state index is 12.6. The number of carbonyl (C=O) groups is 2. The van der Waals surface area contributed by atoms with Gasteiger partial charge in [0.25, 0.3) is 5.91 Å². The molecule has 2 aromatic rings. The standard InChI is InChI=1S/C17H17BrN4O3/c18-12-3-4-15(20-8-12)21-16(24)11-2-1-7-22(10-11)17(25)13-5-6-19-9-14(13)23/h3-6,8-9,11,23H,1-2,7,10H2,(H,20,21,24)/t11-/m1/s1. The highest BCUT2D eigenvalue weighted by molar-refractivity contribution is 9.10. The van der Waals surface area contributed by atoms with Crippen molar-refractivity contribution >= 4 is 33.6 Å². The Balaban J connectivity index is 1.66. The van der Waals surface area contributed by atoms with Gasteiger partial charge in [0.05, 0.1) is 17.7 Å². The zero-order chi connectivity index (χ0) is 17.8. The molecule has 1 aliphatic rings. The summed E-state index contributed by atoms with van der Waals surface area (Å²) in [5.74, 6) is -0.445. The third-order valence-corrected chi connectivity index (χ3v) is 4.56. The molecule has 1 atom stereocenters. The van der Waals surface area contributed by atoms with Crippen LogP contribution in [0.5, 0.6) is 5.75 Å². The normalized spacial score (nSPS) is 17.2. The van der Waals surface area contributed by atoms with Crippen molar-refractivity contribution in [3.8, 4) is 5.75 Å². The molecule has 0 aliphatic carbocycles. The molecule has 0 saturated carbocycles. The minimum absolute atomic E-state index is 0.155. The number of nitrogens with one attached hydrogen (secondary N) is 1. The number of hydrogen-bond acceptors (Lipinski definition) is 5. The van der Waals surface area contributed by atoms with Gasteiger partial charge in [-0.1, -0.05) is 0 Å². The fraction of sp³-hybridized carbons (Fsp3) is 0.294. The fourth-order valence-electron chi connectivity index (χ4n) is 2.79. The Morgan fingerprint density at radius 3 is 2.84 bits per heavy atom. The molecule has 1 aliphatic heterocycles. The SMILES string of the molecule is O=C(Nc1ccc(Br)cn1)[C@@H]1CCCN(C(=O)c2ccncc2O)C1. The van der Waals surface area contributed by atoms with Crippen molar-refractivity contribution in [2.75, 3.05) is 18.4 Å². The molecule has 3 heterocycles. The van der Waals surface area contributed by atoms with Crippen LogP contribution >= 0.6 is 15.9 Å². The number of aromatic hydroxyl groups is 1. The maximum atomic E-state index is 12.6. The topological polar surface area (TPSA) is 95.4 Å². The van der Waals surface area contributed by atoms with Gasteiger partial charge in [-0.2, -0.15) is 0 Å². The maximum Gasteiger partial charge on any atom is 0.257 e. The minimum atomic E-state index is -0.313. The van der Waals surface area contributed by atoms with Gasteiger partial charge in [-0.05, 0) is 47.0 Å². The number of hydrogen-bond donors (Lipinski definition) is 2. The molecule has 130 valence electrons. The minimum Gasteiger partial charge on any atom is -0.505 e. The van der Waals surface area contributed by atoms with Crippen LogP contribution < -0.4 is 5.32 Å². The summed E-state index contributed by atoms with van der Waals surface area (Å²) in [5, 5.41) is 12.6. The van der Waals surface area contributed by atoms with E-state index in [9.17, 15) is 14.7 Å². The number of pyridine rings is 2. The first-order valence-electron chi connectivity index (χ1n) is 7.89. The number of amides is 2. The molecule has 0 spiro atoms. The van der Waals surface area contributed by atoms with Crippen LogP contribution in [0.25, 0.3) is 0 Å². The van der Waals surface area contributed by atoms with Gasteiger partial charge in [0.2, 0.25) is 5.91 Å². The molecule has 1 fully saturated rings. The number of aromatic nitrogens is 2. The molecule has 8 heteroatoms. The Bertz CT molecular complexity index is 782. The zero-order valence-electron chi connectivity index (χ0n) is 13.4. The van der Waals surface area contributed by atoms with Crippen LogP contribution in [0, 0.1) is 5.92 Å². The summed E-state index contributed by atoms with van der Waals surface area (Å²) >= 11 is 3.30. The van der Waals surface area contributed by atoms with Crippen LogP contribution in [0.2, 0.25) is 0 Å². The lowest BCUT2D eigenvalue weighted by Gasteiger charge is -2.32. The highest BCUT2D eigenvalue weighted by Crippen LogP contribution is 2.23. The van der Waals surface area contributed by atoms with Crippen LogP contribution in [-0.2, 0) is 4.79 Å². The van der Waals surface area contributed by atoms with E-state index >= 15 is 0 Å². The number of piperidine rings is 1. The molecular formula is C17H17BrN4O3. The lowest BCUT2D eigenvalue weighted by Crippen LogP contribution is -2.43. The molecule has 2 aromatic heterocycles. The largest absolute Gasteiger partial charge is 0.505 e. The highest BCUT2D eigenvalue weighted by Gasteiger charge is 2.30. The first-order chi connectivity index (χ1) is 12.0. The lowest BCUT2D eigenvalue weighted by molar-refractivity contribution is -0.121. The van der Waals surface area contributed by atoms with Crippen LogP contribution in [0.3, 0.4) is 0 Å². The Morgan fingerprint density at radius 1 is 1.28 bits per heavy atom. The molecule has 1 saturated heterocycles. The molecule has 25 heavy (non-hydrogen) atoms. The van der Waals surface area contributed by atoms with Gasteiger partial charge in [-0.3, -0.25) is 14.6 Å². The third kappa shape index (κ3) is 4.14. The van der Waals surface area contributed by atoms with Crippen molar-refractivity contribution in [3.05, 3.63) is 46.8 Å². The van der Waals surface area contributed by atoms with Crippen molar-refractivity contribution in [2.45, 2.75) is 12.8 Å². The summed E-state index contributed by atoms with van der Waals surface area (Å²) in [6, 6.07) is 4.99. The van der Waals surface area contributed by atoms with Crippen LogP contribution in [-0.4, -0.2) is 44.9 Å². The third-order valence-electron chi connectivity index (χ3n) is 4.09. The van der Waals surface area contributed by atoms with E-state index in [2.05, 4.69) is 31.2 Å². The molecule has 0 bridgehead atoms. The summed E-state index contributed by atoms with van der Waals surface area (Å²) < 4.78 is 0.831. The van der Waals surface area contributed by atoms with E-state index in [0.29, 0.717) is 25.3 Å². The van der Waals surface area contributed by atoms with Crippen LogP contribution in [0.1, 0.15) is 23.2 Å². The summed E-state index contributed by atoms with van der Waals surface area (Å²) in [7, 11) is 0. The van der Waals surface area contributed by atoms with E-state index in [1.165, 1.54) is 18.5 Å². The summed E-state index contributed by atoms with van der Waals surface area (Å²) in [4.78, 5) is 34.5. The summed E-state index contributed by atoms with van der Waals surface area (Å²) in [5.41, 5.74) is 0.200. The van der Waals surface area contributed by atoms with Gasteiger partial charge in [-0.25, -0.2) is 4.98 Å². The van der Waals surface area contributed by atoms with E-state index < -0.39 is 0 Å². The van der Waals surface area contributed by atoms with Gasteiger partial charge in [0.15, 0.2) is 0 Å². The van der Waals surface area contributed by atoms with Crippen LogP contribution in [0.15, 0.2) is 41.3 Å². The number of halogens is 1. The predicted octanol–water partition coefficient (Wildman–Crippen LogP) is 2.44. The van der Waals surface area contributed by atoms with Gasteiger partial charge in [0, 0.05) is 30.0 Å². The summed E-state index contributed by atoms with van der Waals surface area (Å²) in [6.07, 6.45) is 5.73. The molecular weight excluding hydrogens is 388 g/mol. The van der Waals surface area contributed by atoms with Crippen molar-refractivity contribution in [1.29, 1.82) is 0 Å². The van der Waals surface area contributed by atoms with Crippen molar-refractivity contribution in [1.82, 2.24) is 14.9 Å². The number of rotatable bonds is 3. The van der Waals surface area contributed by atoms with Gasteiger partial charge in [0.1, 0.15) is 11.6 Å². The monoisotopic (exact) mass is 404 g/mol. The Hall–Kier alpha value is -2.48. The smallest absolute Gasteiger partial charge is 0.257 e. The molecule has 0 aromatic carbocycles. The van der Waals surface area contributed by atoms with E-state index in [-0.39, 0.29) is 29.0 Å². The predicted molar refractivity (Wildman–Crippen MR) is 95.1 cm³/mol. The second kappa shape index (κ2) is 7.60. The van der Waals surface area contributed by atoms with E-state index in [1.807, 2.05) is 0 Å². The first-order valence-corrected chi connectivity index (χ1v) is 8.68. The van der Waals surface area contributed by atoms with Crippen molar-refractivity contribution in [3.63, 3.8) is 0 Å². The molecule has 2 amide bonds. The van der Waals surface area contributed by atoms with Crippen molar-refractivity contribution in [2.24, 2.45) is 5.92 Å². The number of anilines is 1. The molecule has 3 rings (SSSR count). The van der Waals surface area contributed by atoms with E-state index in [0.717, 1.165) is 10.9 Å². The fourth-order valence-corrected chi connectivity index (χ4v) is 3.03. The van der Waals surface area contributed by atoms with E-state index in [1.54, 1.807) is 23.2 Å².